The molecule has 5 heteroatoms. The van der Waals surface area contributed by atoms with Gasteiger partial charge in [-0.25, -0.2) is 0 Å². The third-order valence-corrected chi connectivity index (χ3v) is 2.74. The van der Waals surface area contributed by atoms with Crippen molar-refractivity contribution in [2.45, 2.75) is 18.9 Å². The van der Waals surface area contributed by atoms with Gasteiger partial charge in [0.05, 0.1) is 13.0 Å². The van der Waals surface area contributed by atoms with E-state index in [1.807, 2.05) is 6.07 Å². The Morgan fingerprint density at radius 1 is 1.79 bits per heavy atom. The van der Waals surface area contributed by atoms with E-state index in [0.717, 1.165) is 11.3 Å². The molecule has 76 valence electrons. The zero-order valence-corrected chi connectivity index (χ0v) is 9.00. The van der Waals surface area contributed by atoms with Crippen molar-refractivity contribution in [2.24, 2.45) is 0 Å². The van der Waals surface area contributed by atoms with Crippen LogP contribution in [0.4, 0.5) is 0 Å². The van der Waals surface area contributed by atoms with Crippen LogP contribution in [-0.2, 0) is 11.3 Å². The van der Waals surface area contributed by atoms with Crippen molar-refractivity contribution in [2.75, 3.05) is 6.54 Å². The van der Waals surface area contributed by atoms with E-state index in [1.165, 1.54) is 0 Å². The minimum absolute atomic E-state index is 0.0197. The largest absolute Gasteiger partial charge is 0.481 e. The third kappa shape index (κ3) is 1.83. The second kappa shape index (κ2) is 3.74. The van der Waals surface area contributed by atoms with Crippen LogP contribution in [0, 0.1) is 0 Å². The van der Waals surface area contributed by atoms with Gasteiger partial charge < -0.3 is 14.8 Å². The number of carbonyl (C=O) groups is 1. The quantitative estimate of drug-likeness (QED) is 0.849. The predicted molar refractivity (Wildman–Crippen MR) is 53.1 cm³/mol. The Balaban J connectivity index is 2.25. The summed E-state index contributed by atoms with van der Waals surface area (Å²) in [4.78, 5) is 10.6. The molecule has 1 aromatic rings. The minimum Gasteiger partial charge on any atom is -0.481 e. The summed E-state index contributed by atoms with van der Waals surface area (Å²) in [5.41, 5.74) is 1.01. The highest BCUT2D eigenvalue weighted by molar-refractivity contribution is 9.10. The summed E-state index contributed by atoms with van der Waals surface area (Å²) in [5.74, 6) is 0.0858. The number of carboxylic acid groups (broad SMARTS) is 1. The molecule has 1 atom stereocenters. The molecule has 0 bridgehead atoms. The summed E-state index contributed by atoms with van der Waals surface area (Å²) in [7, 11) is 0. The summed E-state index contributed by atoms with van der Waals surface area (Å²) >= 11 is 3.24. The first-order valence-electron chi connectivity index (χ1n) is 4.37. The van der Waals surface area contributed by atoms with Crippen molar-refractivity contribution in [3.63, 3.8) is 0 Å². The molecule has 2 heterocycles. The molecular formula is C9H10BrNO3. The highest BCUT2D eigenvalue weighted by Crippen LogP contribution is 2.31. The monoisotopic (exact) mass is 259 g/mol. The van der Waals surface area contributed by atoms with Crippen LogP contribution < -0.4 is 5.32 Å². The van der Waals surface area contributed by atoms with E-state index in [4.69, 9.17) is 9.52 Å². The van der Waals surface area contributed by atoms with Gasteiger partial charge in [0.1, 0.15) is 5.76 Å². The summed E-state index contributed by atoms with van der Waals surface area (Å²) in [6.45, 7) is 1.38. The van der Waals surface area contributed by atoms with Crippen LogP contribution in [0.2, 0.25) is 0 Å². The number of carboxylic acids is 1. The Kier molecular flexibility index (Phi) is 2.60. The molecule has 4 nitrogen and oxygen atoms in total. The van der Waals surface area contributed by atoms with Gasteiger partial charge >= 0.3 is 5.97 Å². The van der Waals surface area contributed by atoms with Crippen molar-refractivity contribution in [3.05, 3.63) is 22.1 Å². The van der Waals surface area contributed by atoms with Gasteiger partial charge in [-0.1, -0.05) is 0 Å². The van der Waals surface area contributed by atoms with Gasteiger partial charge in [0.2, 0.25) is 0 Å². The molecule has 0 amide bonds. The maximum Gasteiger partial charge on any atom is 0.304 e. The molecule has 0 saturated heterocycles. The maximum absolute atomic E-state index is 10.6. The maximum atomic E-state index is 10.6. The normalized spacial score (nSPS) is 20.5. The molecule has 0 fully saturated rings. The van der Waals surface area contributed by atoms with E-state index in [1.54, 1.807) is 0 Å². The fourth-order valence-electron chi connectivity index (χ4n) is 1.76. The second-order valence-electron chi connectivity index (χ2n) is 3.35. The van der Waals surface area contributed by atoms with Crippen molar-refractivity contribution >= 4 is 21.9 Å². The topological polar surface area (TPSA) is 62.5 Å². The number of hydrogen-bond donors (Lipinski definition) is 2. The van der Waals surface area contributed by atoms with Gasteiger partial charge in [-0.15, -0.1) is 0 Å². The standard InChI is InChI=1S/C9H10BrNO3/c10-8-2-6-5(1-9(12)13)3-11-4-7(6)14-8/h2,5,11H,1,3-4H2,(H,12,13). The smallest absolute Gasteiger partial charge is 0.304 e. The fraction of sp³-hybridized carbons (Fsp3) is 0.444. The molecule has 0 aromatic carbocycles. The van der Waals surface area contributed by atoms with Crippen LogP contribution in [0.5, 0.6) is 0 Å². The molecule has 0 radical (unpaired) electrons. The lowest BCUT2D eigenvalue weighted by molar-refractivity contribution is -0.137. The van der Waals surface area contributed by atoms with Gasteiger partial charge in [0, 0.05) is 18.0 Å². The first-order chi connectivity index (χ1) is 6.66. The molecule has 1 aliphatic rings. The average molecular weight is 260 g/mol. The predicted octanol–water partition coefficient (Wildman–Crippen LogP) is 1.70. The Hall–Kier alpha value is -0.810. The number of aliphatic carboxylic acids is 1. The molecule has 2 N–H and O–H groups in total. The van der Waals surface area contributed by atoms with Crippen LogP contribution in [0.15, 0.2) is 15.2 Å². The number of furan rings is 1. The fourth-order valence-corrected chi connectivity index (χ4v) is 2.20. The number of hydrogen-bond acceptors (Lipinski definition) is 3. The molecular weight excluding hydrogens is 250 g/mol. The Labute approximate surface area is 89.4 Å². The Morgan fingerprint density at radius 2 is 2.57 bits per heavy atom. The first kappa shape index (κ1) is 9.73. The number of fused-ring (bicyclic) bond motifs is 1. The second-order valence-corrected chi connectivity index (χ2v) is 4.14. The summed E-state index contributed by atoms with van der Waals surface area (Å²) in [6.07, 6.45) is 0.145. The van der Waals surface area contributed by atoms with Gasteiger partial charge in [-0.05, 0) is 22.0 Å². The van der Waals surface area contributed by atoms with Crippen LogP contribution in [0.25, 0.3) is 0 Å². The molecule has 14 heavy (non-hydrogen) atoms. The highest BCUT2D eigenvalue weighted by Gasteiger charge is 2.25. The molecule has 0 saturated carbocycles. The van der Waals surface area contributed by atoms with Gasteiger partial charge in [-0.3, -0.25) is 4.79 Å². The van der Waals surface area contributed by atoms with Crippen molar-refractivity contribution < 1.29 is 14.3 Å². The van der Waals surface area contributed by atoms with Gasteiger partial charge in [0.25, 0.3) is 0 Å². The zero-order chi connectivity index (χ0) is 10.1. The molecule has 1 aromatic heterocycles. The van der Waals surface area contributed by atoms with Crippen LogP contribution >= 0.6 is 15.9 Å². The van der Waals surface area contributed by atoms with Gasteiger partial charge in [-0.2, -0.15) is 0 Å². The zero-order valence-electron chi connectivity index (χ0n) is 7.42. The average Bonchev–Trinajstić information content (AvgIpc) is 2.45. The van der Waals surface area contributed by atoms with Crippen LogP contribution in [-0.4, -0.2) is 17.6 Å². The summed E-state index contributed by atoms with van der Waals surface area (Å²) in [6, 6.07) is 1.86. The van der Waals surface area contributed by atoms with Crippen molar-refractivity contribution in [1.82, 2.24) is 5.32 Å². The summed E-state index contributed by atoms with van der Waals surface area (Å²) in [5, 5.41) is 11.9. The van der Waals surface area contributed by atoms with E-state index >= 15 is 0 Å². The van der Waals surface area contributed by atoms with Crippen LogP contribution in [0.3, 0.4) is 0 Å². The van der Waals surface area contributed by atoms with Crippen molar-refractivity contribution in [1.29, 1.82) is 0 Å². The Bertz CT molecular complexity index is 361. The lowest BCUT2D eigenvalue weighted by Gasteiger charge is -2.20. The van der Waals surface area contributed by atoms with E-state index in [2.05, 4.69) is 21.2 Å². The Morgan fingerprint density at radius 3 is 3.29 bits per heavy atom. The molecule has 0 aliphatic carbocycles. The molecule has 1 unspecified atom stereocenters. The molecule has 0 spiro atoms. The van der Waals surface area contributed by atoms with Gasteiger partial charge in [0.15, 0.2) is 4.67 Å². The summed E-state index contributed by atoms with van der Waals surface area (Å²) < 4.78 is 6.05. The highest BCUT2D eigenvalue weighted by atomic mass is 79.9. The van der Waals surface area contributed by atoms with E-state index < -0.39 is 5.97 Å². The van der Waals surface area contributed by atoms with E-state index in [9.17, 15) is 4.79 Å². The lowest BCUT2D eigenvalue weighted by Crippen LogP contribution is -2.28. The van der Waals surface area contributed by atoms with E-state index in [0.29, 0.717) is 17.8 Å². The first-order valence-corrected chi connectivity index (χ1v) is 5.16. The van der Waals surface area contributed by atoms with Crippen molar-refractivity contribution in [3.8, 4) is 0 Å². The molecule has 1 aliphatic heterocycles. The van der Waals surface area contributed by atoms with Crippen LogP contribution in [0.1, 0.15) is 23.7 Å². The third-order valence-electron chi connectivity index (χ3n) is 2.35. The number of nitrogens with one attached hydrogen (secondary N) is 1. The minimum atomic E-state index is -0.776. The number of halogens is 1. The SMILES string of the molecule is O=C(O)CC1CNCc2oc(Br)cc21. The van der Waals surface area contributed by atoms with E-state index in [-0.39, 0.29) is 12.3 Å². The number of rotatable bonds is 2. The molecule has 2 rings (SSSR count). The lowest BCUT2D eigenvalue weighted by atomic mass is 9.93.